The summed E-state index contributed by atoms with van der Waals surface area (Å²) in [5, 5.41) is 0.458. The highest BCUT2D eigenvalue weighted by Crippen LogP contribution is 2.24. The summed E-state index contributed by atoms with van der Waals surface area (Å²) < 4.78 is 31.5. The standard InChI is InChI=1S/C12H11Cl2NO3S/c13-10-1-2-11(14)12(7-10)19(16,17)15-5-3-9-4-6-18-8-9/h1-2,4,6-8,15H,3,5H2. The molecule has 0 atom stereocenters. The molecule has 102 valence electrons. The Morgan fingerprint density at radius 1 is 1.21 bits per heavy atom. The lowest BCUT2D eigenvalue weighted by Crippen LogP contribution is -2.26. The van der Waals surface area contributed by atoms with Crippen molar-refractivity contribution < 1.29 is 12.8 Å². The van der Waals surface area contributed by atoms with Crippen LogP contribution in [0.15, 0.2) is 46.1 Å². The maximum atomic E-state index is 12.1. The van der Waals surface area contributed by atoms with Crippen LogP contribution in [0.4, 0.5) is 0 Å². The Kier molecular flexibility index (Phi) is 4.52. The third-order valence-electron chi connectivity index (χ3n) is 2.47. The first-order valence-electron chi connectivity index (χ1n) is 5.45. The zero-order valence-corrected chi connectivity index (χ0v) is 12.1. The van der Waals surface area contributed by atoms with Crippen molar-refractivity contribution in [2.75, 3.05) is 6.54 Å². The summed E-state index contributed by atoms with van der Waals surface area (Å²) in [7, 11) is -3.66. The summed E-state index contributed by atoms with van der Waals surface area (Å²) in [6, 6.07) is 6.09. The number of sulfonamides is 1. The number of rotatable bonds is 5. The van der Waals surface area contributed by atoms with Gasteiger partial charge in [-0.2, -0.15) is 0 Å². The molecule has 0 fully saturated rings. The molecule has 1 heterocycles. The van der Waals surface area contributed by atoms with Crippen LogP contribution in [0.5, 0.6) is 0 Å². The molecule has 0 aliphatic heterocycles. The number of furan rings is 1. The molecular weight excluding hydrogens is 309 g/mol. The molecule has 4 nitrogen and oxygen atoms in total. The molecule has 2 aromatic rings. The molecule has 0 unspecified atom stereocenters. The van der Waals surface area contributed by atoms with Crippen LogP contribution in [0.2, 0.25) is 10.0 Å². The molecule has 19 heavy (non-hydrogen) atoms. The van der Waals surface area contributed by atoms with Crippen molar-refractivity contribution in [3.8, 4) is 0 Å². The monoisotopic (exact) mass is 319 g/mol. The molecule has 1 aromatic heterocycles. The van der Waals surface area contributed by atoms with E-state index >= 15 is 0 Å². The number of hydrogen-bond donors (Lipinski definition) is 1. The fourth-order valence-corrected chi connectivity index (χ4v) is 3.32. The van der Waals surface area contributed by atoms with E-state index in [0.717, 1.165) is 5.56 Å². The summed E-state index contributed by atoms with van der Waals surface area (Å²) in [6.45, 7) is 0.255. The third-order valence-corrected chi connectivity index (χ3v) is 4.65. The molecule has 0 aliphatic rings. The van der Waals surface area contributed by atoms with E-state index in [-0.39, 0.29) is 16.5 Å². The van der Waals surface area contributed by atoms with Gasteiger partial charge in [0.25, 0.3) is 0 Å². The lowest BCUT2D eigenvalue weighted by molar-refractivity contribution is 0.562. The zero-order valence-electron chi connectivity index (χ0n) is 9.77. The van der Waals surface area contributed by atoms with Crippen molar-refractivity contribution in [3.63, 3.8) is 0 Å². The first-order chi connectivity index (χ1) is 8.99. The fraction of sp³-hybridized carbons (Fsp3) is 0.167. The van der Waals surface area contributed by atoms with Gasteiger partial charge >= 0.3 is 0 Å². The van der Waals surface area contributed by atoms with Crippen LogP contribution < -0.4 is 4.72 Å². The van der Waals surface area contributed by atoms with Gasteiger partial charge in [0.2, 0.25) is 10.0 Å². The van der Waals surface area contributed by atoms with E-state index in [0.29, 0.717) is 11.4 Å². The molecule has 0 aliphatic carbocycles. The van der Waals surface area contributed by atoms with E-state index < -0.39 is 10.0 Å². The second-order valence-corrected chi connectivity index (χ2v) is 6.43. The Bertz CT molecular complexity index is 654. The average molecular weight is 320 g/mol. The molecule has 2 rings (SSSR count). The molecule has 0 spiro atoms. The van der Waals surface area contributed by atoms with Crippen molar-refractivity contribution >= 4 is 33.2 Å². The highest BCUT2D eigenvalue weighted by Gasteiger charge is 2.17. The predicted molar refractivity (Wildman–Crippen MR) is 74.1 cm³/mol. The summed E-state index contributed by atoms with van der Waals surface area (Å²) in [4.78, 5) is -0.0196. The Labute approximate surface area is 121 Å². The minimum Gasteiger partial charge on any atom is -0.472 e. The summed E-state index contributed by atoms with van der Waals surface area (Å²) in [5.74, 6) is 0. The Balaban J connectivity index is 2.07. The number of nitrogens with one attached hydrogen (secondary N) is 1. The van der Waals surface area contributed by atoms with Crippen molar-refractivity contribution in [2.24, 2.45) is 0 Å². The van der Waals surface area contributed by atoms with Gasteiger partial charge in [-0.15, -0.1) is 0 Å². The van der Waals surface area contributed by atoms with Crippen molar-refractivity contribution in [1.29, 1.82) is 0 Å². The first-order valence-corrected chi connectivity index (χ1v) is 7.69. The van der Waals surface area contributed by atoms with E-state index in [9.17, 15) is 8.42 Å². The normalized spacial score (nSPS) is 11.7. The average Bonchev–Trinajstić information content (AvgIpc) is 2.85. The van der Waals surface area contributed by atoms with Crippen LogP contribution in [0.3, 0.4) is 0 Å². The van der Waals surface area contributed by atoms with Gasteiger partial charge in [0.15, 0.2) is 0 Å². The molecule has 0 saturated carbocycles. The lowest BCUT2D eigenvalue weighted by atomic mass is 10.2. The maximum Gasteiger partial charge on any atom is 0.242 e. The van der Waals surface area contributed by atoms with Gasteiger partial charge in [-0.05, 0) is 36.2 Å². The van der Waals surface area contributed by atoms with Gasteiger partial charge in [-0.25, -0.2) is 13.1 Å². The van der Waals surface area contributed by atoms with Gasteiger partial charge in [-0.1, -0.05) is 23.2 Å². The van der Waals surface area contributed by atoms with Crippen molar-refractivity contribution in [1.82, 2.24) is 4.72 Å². The molecule has 1 aromatic carbocycles. The van der Waals surface area contributed by atoms with E-state index in [1.54, 1.807) is 12.3 Å². The summed E-state index contributed by atoms with van der Waals surface area (Å²) in [5.41, 5.74) is 0.917. The number of hydrogen-bond acceptors (Lipinski definition) is 3. The molecule has 0 radical (unpaired) electrons. The van der Waals surface area contributed by atoms with E-state index in [1.165, 1.54) is 24.5 Å². The smallest absolute Gasteiger partial charge is 0.242 e. The van der Waals surface area contributed by atoms with E-state index in [1.807, 2.05) is 0 Å². The van der Waals surface area contributed by atoms with Crippen LogP contribution in [-0.2, 0) is 16.4 Å². The molecule has 0 bridgehead atoms. The van der Waals surface area contributed by atoms with Gasteiger partial charge < -0.3 is 4.42 Å². The van der Waals surface area contributed by atoms with Crippen molar-refractivity contribution in [2.45, 2.75) is 11.3 Å². The van der Waals surface area contributed by atoms with Crippen LogP contribution in [0.25, 0.3) is 0 Å². The van der Waals surface area contributed by atoms with E-state index in [4.69, 9.17) is 27.6 Å². The largest absolute Gasteiger partial charge is 0.472 e. The number of benzene rings is 1. The highest BCUT2D eigenvalue weighted by atomic mass is 35.5. The Morgan fingerprint density at radius 2 is 2.00 bits per heavy atom. The maximum absolute atomic E-state index is 12.1. The van der Waals surface area contributed by atoms with Gasteiger partial charge in [0.05, 0.1) is 17.5 Å². The van der Waals surface area contributed by atoms with Crippen LogP contribution in [0.1, 0.15) is 5.56 Å². The second kappa shape index (κ2) is 5.96. The number of halogens is 2. The third kappa shape index (κ3) is 3.73. The summed E-state index contributed by atoms with van der Waals surface area (Å²) in [6.07, 6.45) is 3.65. The molecule has 0 saturated heterocycles. The summed E-state index contributed by atoms with van der Waals surface area (Å²) >= 11 is 11.6. The van der Waals surface area contributed by atoms with Gasteiger partial charge in [-0.3, -0.25) is 0 Å². The quantitative estimate of drug-likeness (QED) is 0.921. The Hall–Kier alpha value is -1.01. The van der Waals surface area contributed by atoms with Crippen LogP contribution >= 0.6 is 23.2 Å². The minimum atomic E-state index is -3.66. The van der Waals surface area contributed by atoms with E-state index in [2.05, 4.69) is 4.72 Å². The van der Waals surface area contributed by atoms with Crippen LogP contribution in [-0.4, -0.2) is 15.0 Å². The molecule has 0 amide bonds. The highest BCUT2D eigenvalue weighted by molar-refractivity contribution is 7.89. The SMILES string of the molecule is O=S(=O)(NCCc1ccoc1)c1cc(Cl)ccc1Cl. The first kappa shape index (κ1) is 14.4. The van der Waals surface area contributed by atoms with Crippen LogP contribution in [0, 0.1) is 0 Å². The molecular formula is C12H11Cl2NO3S. The fourth-order valence-electron chi connectivity index (χ4n) is 1.53. The second-order valence-electron chi connectivity index (χ2n) is 3.85. The zero-order chi connectivity index (χ0) is 13.9. The van der Waals surface area contributed by atoms with Crippen molar-refractivity contribution in [3.05, 3.63) is 52.4 Å². The minimum absolute atomic E-state index is 0.0196. The Morgan fingerprint density at radius 3 is 2.68 bits per heavy atom. The topological polar surface area (TPSA) is 59.3 Å². The molecule has 1 N–H and O–H groups in total. The predicted octanol–water partition coefficient (Wildman–Crippen LogP) is 3.11. The molecule has 7 heteroatoms. The van der Waals surface area contributed by atoms with Gasteiger partial charge in [0.1, 0.15) is 4.90 Å². The van der Waals surface area contributed by atoms with Gasteiger partial charge in [0, 0.05) is 11.6 Å². The lowest BCUT2D eigenvalue weighted by Gasteiger charge is -2.08.